The Bertz CT molecular complexity index is 445. The molecular formula is C16H26N2O8. The maximum Gasteiger partial charge on any atom is 0.302 e. The molecule has 10 heteroatoms. The first-order valence-corrected chi connectivity index (χ1v) is 8.50. The molecule has 1 rings (SSSR count). The molecule has 0 bridgehead atoms. The van der Waals surface area contributed by atoms with Crippen LogP contribution in [0.15, 0.2) is 0 Å². The van der Waals surface area contributed by atoms with E-state index in [9.17, 15) is 19.2 Å². The third kappa shape index (κ3) is 9.33. The van der Waals surface area contributed by atoms with Gasteiger partial charge in [-0.1, -0.05) is 0 Å². The Labute approximate surface area is 151 Å². The van der Waals surface area contributed by atoms with E-state index in [0.717, 1.165) is 0 Å². The van der Waals surface area contributed by atoms with E-state index in [0.29, 0.717) is 25.7 Å². The number of esters is 2. The zero-order chi connectivity index (χ0) is 19.4. The van der Waals surface area contributed by atoms with E-state index in [2.05, 4.69) is 20.4 Å². The average molecular weight is 374 g/mol. The Morgan fingerprint density at radius 1 is 0.692 bits per heavy atom. The Morgan fingerprint density at radius 3 is 1.35 bits per heavy atom. The van der Waals surface area contributed by atoms with Gasteiger partial charge < -0.3 is 9.47 Å². The molecule has 0 spiro atoms. The van der Waals surface area contributed by atoms with Gasteiger partial charge in [0.25, 0.3) is 0 Å². The molecule has 148 valence electrons. The van der Waals surface area contributed by atoms with E-state index in [-0.39, 0.29) is 50.1 Å². The Balaban J connectivity index is 2.12. The summed E-state index contributed by atoms with van der Waals surface area (Å²) in [6.45, 7) is 2.87. The number of hydrogen-bond acceptors (Lipinski definition) is 8. The first-order valence-electron chi connectivity index (χ1n) is 8.50. The fraction of sp³-hybridized carbons (Fsp3) is 0.750. The summed E-state index contributed by atoms with van der Waals surface area (Å²) in [6, 6.07) is 0. The summed E-state index contributed by atoms with van der Waals surface area (Å²) >= 11 is 0. The number of hydrogen-bond donors (Lipinski definition) is 2. The van der Waals surface area contributed by atoms with Gasteiger partial charge in [-0.2, -0.15) is 0 Å². The standard InChI is InChI=1S/C16H26N2O8/c1-11(19)23-7-9-25-17-15(21)13-3-5-14(6-4-13)16(22)18-26-10-8-24-12(2)20/h13-14H,3-10H2,1-2H3,(H,17,21)(H,18,22). The lowest BCUT2D eigenvalue weighted by molar-refractivity contribution is -0.150. The minimum Gasteiger partial charge on any atom is -0.463 e. The number of amides is 2. The predicted molar refractivity (Wildman–Crippen MR) is 86.9 cm³/mol. The predicted octanol–water partition coefficient (Wildman–Crippen LogP) is 0.0146. The zero-order valence-corrected chi connectivity index (χ0v) is 15.1. The third-order valence-electron chi connectivity index (χ3n) is 3.80. The van der Waals surface area contributed by atoms with Crippen molar-refractivity contribution in [1.29, 1.82) is 0 Å². The van der Waals surface area contributed by atoms with Crippen LogP contribution < -0.4 is 11.0 Å². The lowest BCUT2D eigenvalue weighted by Crippen LogP contribution is -2.38. The average Bonchev–Trinajstić information content (AvgIpc) is 2.60. The van der Waals surface area contributed by atoms with Gasteiger partial charge in [0.1, 0.15) is 26.4 Å². The molecule has 2 N–H and O–H groups in total. The van der Waals surface area contributed by atoms with E-state index in [4.69, 9.17) is 9.68 Å². The van der Waals surface area contributed by atoms with Gasteiger partial charge in [-0.25, -0.2) is 11.0 Å². The van der Waals surface area contributed by atoms with Crippen LogP contribution in [0.5, 0.6) is 0 Å². The first kappa shape index (κ1) is 21.8. The molecule has 1 fully saturated rings. The lowest BCUT2D eigenvalue weighted by atomic mass is 9.81. The molecule has 0 aromatic carbocycles. The SMILES string of the molecule is CC(=O)OCCONC(=O)C1CCC(C(=O)NOCCOC(C)=O)CC1. The number of rotatable bonds is 10. The molecule has 10 nitrogen and oxygen atoms in total. The van der Waals surface area contributed by atoms with Crippen molar-refractivity contribution in [2.45, 2.75) is 39.5 Å². The van der Waals surface area contributed by atoms with E-state index < -0.39 is 11.9 Å². The van der Waals surface area contributed by atoms with Crippen LogP contribution in [0.1, 0.15) is 39.5 Å². The smallest absolute Gasteiger partial charge is 0.302 e. The minimum absolute atomic E-state index is 0.0694. The number of hydroxylamine groups is 2. The fourth-order valence-corrected chi connectivity index (χ4v) is 2.48. The van der Waals surface area contributed by atoms with Crippen molar-refractivity contribution in [3.05, 3.63) is 0 Å². The highest BCUT2D eigenvalue weighted by atomic mass is 16.7. The van der Waals surface area contributed by atoms with Crippen LogP contribution >= 0.6 is 0 Å². The number of carbonyl (C=O) groups is 4. The lowest BCUT2D eigenvalue weighted by Gasteiger charge is -2.26. The molecule has 0 aromatic heterocycles. The summed E-state index contributed by atoms with van der Waals surface area (Å²) in [5.74, 6) is -1.76. The van der Waals surface area contributed by atoms with Gasteiger partial charge in [0.15, 0.2) is 0 Å². The summed E-state index contributed by atoms with van der Waals surface area (Å²) in [5.41, 5.74) is 4.66. The molecule has 0 heterocycles. The first-order chi connectivity index (χ1) is 12.4. The molecule has 0 aromatic rings. The Hall–Kier alpha value is -2.20. The van der Waals surface area contributed by atoms with Crippen molar-refractivity contribution in [2.24, 2.45) is 11.8 Å². The fourth-order valence-electron chi connectivity index (χ4n) is 2.48. The van der Waals surface area contributed by atoms with Crippen molar-refractivity contribution in [3.63, 3.8) is 0 Å². The van der Waals surface area contributed by atoms with Crippen molar-refractivity contribution in [1.82, 2.24) is 11.0 Å². The summed E-state index contributed by atoms with van der Waals surface area (Å²) in [5, 5.41) is 0. The maximum atomic E-state index is 12.0. The molecule has 1 aliphatic carbocycles. The second kappa shape index (κ2) is 12.2. The van der Waals surface area contributed by atoms with E-state index in [1.54, 1.807) is 0 Å². The van der Waals surface area contributed by atoms with Gasteiger partial charge in [-0.15, -0.1) is 0 Å². The maximum absolute atomic E-state index is 12.0. The van der Waals surface area contributed by atoms with Crippen LogP contribution in [-0.2, 0) is 38.3 Å². The highest BCUT2D eigenvalue weighted by Crippen LogP contribution is 2.29. The molecular weight excluding hydrogens is 348 g/mol. The van der Waals surface area contributed by atoms with Crippen LogP contribution in [0.2, 0.25) is 0 Å². The second-order valence-corrected chi connectivity index (χ2v) is 5.86. The Kier molecular flexibility index (Phi) is 10.3. The van der Waals surface area contributed by atoms with Gasteiger partial charge in [-0.05, 0) is 25.7 Å². The van der Waals surface area contributed by atoms with Crippen LogP contribution in [0.3, 0.4) is 0 Å². The second-order valence-electron chi connectivity index (χ2n) is 5.86. The van der Waals surface area contributed by atoms with Crippen molar-refractivity contribution in [3.8, 4) is 0 Å². The topological polar surface area (TPSA) is 129 Å². The number of nitrogens with one attached hydrogen (secondary N) is 2. The van der Waals surface area contributed by atoms with Gasteiger partial charge in [-0.3, -0.25) is 28.9 Å². The molecule has 2 amide bonds. The summed E-state index contributed by atoms with van der Waals surface area (Å²) in [6.07, 6.45) is 2.24. The molecule has 0 atom stereocenters. The van der Waals surface area contributed by atoms with E-state index >= 15 is 0 Å². The van der Waals surface area contributed by atoms with Crippen LogP contribution in [0, 0.1) is 11.8 Å². The van der Waals surface area contributed by atoms with E-state index in [1.165, 1.54) is 13.8 Å². The monoisotopic (exact) mass is 374 g/mol. The molecule has 26 heavy (non-hydrogen) atoms. The van der Waals surface area contributed by atoms with Gasteiger partial charge in [0.05, 0.1) is 0 Å². The molecule has 0 unspecified atom stereocenters. The van der Waals surface area contributed by atoms with Crippen molar-refractivity contribution >= 4 is 23.8 Å². The summed E-state index contributed by atoms with van der Waals surface area (Å²) < 4.78 is 9.35. The van der Waals surface area contributed by atoms with Gasteiger partial charge >= 0.3 is 11.9 Å². The number of carbonyl (C=O) groups excluding carboxylic acids is 4. The quantitative estimate of drug-likeness (QED) is 0.311. The zero-order valence-electron chi connectivity index (χ0n) is 15.1. The largest absolute Gasteiger partial charge is 0.463 e. The highest BCUT2D eigenvalue weighted by Gasteiger charge is 2.30. The van der Waals surface area contributed by atoms with Crippen LogP contribution in [-0.4, -0.2) is 50.2 Å². The van der Waals surface area contributed by atoms with Crippen molar-refractivity contribution in [2.75, 3.05) is 26.4 Å². The Morgan fingerprint density at radius 2 is 1.04 bits per heavy atom. The van der Waals surface area contributed by atoms with Gasteiger partial charge in [0, 0.05) is 25.7 Å². The summed E-state index contributed by atoms with van der Waals surface area (Å²) in [4.78, 5) is 55.0. The summed E-state index contributed by atoms with van der Waals surface area (Å²) in [7, 11) is 0. The molecule has 0 aliphatic heterocycles. The molecule has 0 radical (unpaired) electrons. The normalized spacial score (nSPS) is 19.3. The van der Waals surface area contributed by atoms with Crippen LogP contribution in [0.4, 0.5) is 0 Å². The highest BCUT2D eigenvalue weighted by molar-refractivity contribution is 5.80. The number of ether oxygens (including phenoxy) is 2. The van der Waals surface area contributed by atoms with Gasteiger partial charge in [0.2, 0.25) is 11.8 Å². The molecule has 0 saturated heterocycles. The third-order valence-corrected chi connectivity index (χ3v) is 3.80. The minimum atomic E-state index is -0.410. The molecule has 1 saturated carbocycles. The van der Waals surface area contributed by atoms with Crippen molar-refractivity contribution < 1.29 is 38.3 Å². The van der Waals surface area contributed by atoms with Crippen LogP contribution in [0.25, 0.3) is 0 Å². The van der Waals surface area contributed by atoms with E-state index in [1.807, 2.05) is 0 Å². The molecule has 1 aliphatic rings.